The van der Waals surface area contributed by atoms with Crippen molar-refractivity contribution in [3.05, 3.63) is 77.0 Å². The van der Waals surface area contributed by atoms with Crippen LogP contribution in [0.3, 0.4) is 0 Å². The number of carbonyl (C=O) groups excluding carboxylic acids is 2. The number of benzene rings is 2. The molecule has 0 fully saturated rings. The molecule has 0 atom stereocenters. The summed E-state index contributed by atoms with van der Waals surface area (Å²) in [6, 6.07) is 16.3. The van der Waals surface area contributed by atoms with E-state index < -0.39 is 0 Å². The zero-order valence-electron chi connectivity index (χ0n) is 13.5. The summed E-state index contributed by atoms with van der Waals surface area (Å²) in [5.41, 5.74) is 3.95. The van der Waals surface area contributed by atoms with Gasteiger partial charge in [-0.15, -0.1) is 0 Å². The quantitative estimate of drug-likeness (QED) is 0.713. The third-order valence-electron chi connectivity index (χ3n) is 3.90. The zero-order chi connectivity index (χ0) is 17.1. The van der Waals surface area contributed by atoms with Gasteiger partial charge in [-0.05, 0) is 43.2 Å². The van der Waals surface area contributed by atoms with Crippen molar-refractivity contribution in [3.63, 3.8) is 0 Å². The molecule has 1 heterocycles. The lowest BCUT2D eigenvalue weighted by molar-refractivity contribution is 0.102. The summed E-state index contributed by atoms with van der Waals surface area (Å²) in [5, 5.41) is 2.98. The maximum absolute atomic E-state index is 12.8. The highest BCUT2D eigenvalue weighted by atomic mass is 16.3. The molecule has 0 aliphatic rings. The number of hydrogen-bond donors (Lipinski definition) is 1. The van der Waals surface area contributed by atoms with Crippen molar-refractivity contribution in [3.8, 4) is 11.3 Å². The molecule has 1 N–H and O–H groups in total. The summed E-state index contributed by atoms with van der Waals surface area (Å²) >= 11 is 0. The minimum Gasteiger partial charge on any atom is -0.453 e. The van der Waals surface area contributed by atoms with Crippen molar-refractivity contribution in [2.24, 2.45) is 0 Å². The smallest absolute Gasteiger partial charge is 0.256 e. The monoisotopic (exact) mass is 319 g/mol. The summed E-state index contributed by atoms with van der Waals surface area (Å²) in [6.45, 7) is 3.91. The summed E-state index contributed by atoms with van der Waals surface area (Å²) < 4.78 is 5.46. The van der Waals surface area contributed by atoms with Crippen LogP contribution in [0, 0.1) is 13.8 Å². The first-order valence-corrected chi connectivity index (χ1v) is 7.62. The molecule has 0 spiro atoms. The van der Waals surface area contributed by atoms with Crippen molar-refractivity contribution in [1.82, 2.24) is 0 Å². The van der Waals surface area contributed by atoms with Crippen LogP contribution in [0.5, 0.6) is 0 Å². The van der Waals surface area contributed by atoms with E-state index in [0.717, 1.165) is 16.8 Å². The molecule has 0 aliphatic carbocycles. The molecule has 1 amide bonds. The van der Waals surface area contributed by atoms with Gasteiger partial charge in [-0.2, -0.15) is 0 Å². The standard InChI is InChI=1S/C20H17NO3/c1-13-6-5-7-14(2)19(13)21-20(23)17-9-4-3-8-16(17)18-11-10-15(12-22)24-18/h3-12H,1-2H3,(H,21,23). The maximum Gasteiger partial charge on any atom is 0.256 e. The third kappa shape index (κ3) is 2.99. The van der Waals surface area contributed by atoms with Crippen molar-refractivity contribution in [2.45, 2.75) is 13.8 Å². The Kier molecular flexibility index (Phi) is 4.29. The Morgan fingerprint density at radius 2 is 1.67 bits per heavy atom. The minimum absolute atomic E-state index is 0.216. The molecule has 0 saturated carbocycles. The number of rotatable bonds is 4. The Morgan fingerprint density at radius 3 is 2.33 bits per heavy atom. The molecule has 0 radical (unpaired) electrons. The van der Waals surface area contributed by atoms with Gasteiger partial charge < -0.3 is 9.73 Å². The van der Waals surface area contributed by atoms with Crippen LogP contribution in [0.25, 0.3) is 11.3 Å². The van der Waals surface area contributed by atoms with E-state index in [9.17, 15) is 9.59 Å². The fourth-order valence-electron chi connectivity index (χ4n) is 2.65. The Balaban J connectivity index is 1.98. The second kappa shape index (κ2) is 6.54. The molecule has 1 aromatic heterocycles. The number of anilines is 1. The summed E-state index contributed by atoms with van der Waals surface area (Å²) in [5.74, 6) is 0.506. The van der Waals surface area contributed by atoms with Crippen molar-refractivity contribution in [2.75, 3.05) is 5.32 Å². The summed E-state index contributed by atoms with van der Waals surface area (Å²) in [7, 11) is 0. The van der Waals surface area contributed by atoms with Crippen LogP contribution in [0.15, 0.2) is 59.0 Å². The fourth-order valence-corrected chi connectivity index (χ4v) is 2.65. The van der Waals surface area contributed by atoms with Crippen molar-refractivity contribution in [1.29, 1.82) is 0 Å². The number of furan rings is 1. The average Bonchev–Trinajstić information content (AvgIpc) is 3.07. The lowest BCUT2D eigenvalue weighted by Gasteiger charge is -2.13. The molecule has 120 valence electrons. The predicted octanol–water partition coefficient (Wildman–Crippen LogP) is 4.63. The van der Waals surface area contributed by atoms with Gasteiger partial charge in [-0.3, -0.25) is 9.59 Å². The van der Waals surface area contributed by atoms with Gasteiger partial charge >= 0.3 is 0 Å². The molecule has 0 aliphatic heterocycles. The lowest BCUT2D eigenvalue weighted by Crippen LogP contribution is -2.14. The van der Waals surface area contributed by atoms with Crippen molar-refractivity contribution < 1.29 is 14.0 Å². The fraction of sp³-hybridized carbons (Fsp3) is 0.100. The number of amides is 1. The van der Waals surface area contributed by atoms with Crippen LogP contribution in [0.1, 0.15) is 32.0 Å². The highest BCUT2D eigenvalue weighted by Gasteiger charge is 2.16. The van der Waals surface area contributed by atoms with Gasteiger partial charge in [0, 0.05) is 11.3 Å². The number of nitrogens with one attached hydrogen (secondary N) is 1. The number of aldehydes is 1. The lowest BCUT2D eigenvalue weighted by atomic mass is 10.0. The topological polar surface area (TPSA) is 59.3 Å². The minimum atomic E-state index is -0.216. The molecule has 3 aromatic rings. The molecule has 4 nitrogen and oxygen atoms in total. The third-order valence-corrected chi connectivity index (χ3v) is 3.90. The molecule has 0 bridgehead atoms. The first kappa shape index (κ1) is 15.7. The van der Waals surface area contributed by atoms with Crippen LogP contribution in [-0.2, 0) is 0 Å². The molecule has 0 unspecified atom stereocenters. The van der Waals surface area contributed by atoms with E-state index in [0.29, 0.717) is 23.2 Å². The maximum atomic E-state index is 12.8. The first-order valence-electron chi connectivity index (χ1n) is 7.62. The SMILES string of the molecule is Cc1cccc(C)c1NC(=O)c1ccccc1-c1ccc(C=O)o1. The highest BCUT2D eigenvalue weighted by Crippen LogP contribution is 2.27. The van der Waals surface area contributed by atoms with Crippen LogP contribution < -0.4 is 5.32 Å². The van der Waals surface area contributed by atoms with E-state index in [1.807, 2.05) is 38.1 Å². The number of hydrogen-bond acceptors (Lipinski definition) is 3. The average molecular weight is 319 g/mol. The molecular weight excluding hydrogens is 302 g/mol. The van der Waals surface area contributed by atoms with E-state index >= 15 is 0 Å². The Hall–Kier alpha value is -3.14. The van der Waals surface area contributed by atoms with Gasteiger partial charge in [0.1, 0.15) is 5.76 Å². The van der Waals surface area contributed by atoms with E-state index in [1.54, 1.807) is 30.3 Å². The van der Waals surface area contributed by atoms with Crippen LogP contribution in [-0.4, -0.2) is 12.2 Å². The van der Waals surface area contributed by atoms with E-state index in [4.69, 9.17) is 4.42 Å². The van der Waals surface area contributed by atoms with Crippen molar-refractivity contribution >= 4 is 17.9 Å². The highest BCUT2D eigenvalue weighted by molar-refractivity contribution is 6.09. The first-order chi connectivity index (χ1) is 11.6. The van der Waals surface area contributed by atoms with Crippen LogP contribution >= 0.6 is 0 Å². The molecule has 0 saturated heterocycles. The van der Waals surface area contributed by atoms with Gasteiger partial charge in [-0.1, -0.05) is 36.4 Å². The Bertz CT molecular complexity index is 889. The summed E-state index contributed by atoms with van der Waals surface area (Å²) in [4.78, 5) is 23.6. The zero-order valence-corrected chi connectivity index (χ0v) is 13.5. The largest absolute Gasteiger partial charge is 0.453 e. The number of carbonyl (C=O) groups is 2. The van der Waals surface area contributed by atoms with E-state index in [1.165, 1.54) is 0 Å². The molecule has 3 rings (SSSR count). The molecule has 2 aromatic carbocycles. The normalized spacial score (nSPS) is 10.4. The van der Waals surface area contributed by atoms with Crippen LogP contribution in [0.4, 0.5) is 5.69 Å². The van der Waals surface area contributed by atoms with Gasteiger partial charge in [0.15, 0.2) is 12.0 Å². The van der Waals surface area contributed by atoms with Gasteiger partial charge in [-0.25, -0.2) is 0 Å². The number of aryl methyl sites for hydroxylation is 2. The van der Waals surface area contributed by atoms with Gasteiger partial charge in [0.25, 0.3) is 5.91 Å². The van der Waals surface area contributed by atoms with E-state index in [2.05, 4.69) is 5.32 Å². The van der Waals surface area contributed by atoms with E-state index in [-0.39, 0.29) is 11.7 Å². The van der Waals surface area contributed by atoms with Gasteiger partial charge in [0.2, 0.25) is 0 Å². The summed E-state index contributed by atoms with van der Waals surface area (Å²) in [6.07, 6.45) is 0.642. The molecule has 24 heavy (non-hydrogen) atoms. The second-order valence-corrected chi connectivity index (χ2v) is 5.59. The number of para-hydroxylation sites is 1. The van der Waals surface area contributed by atoms with Crippen LogP contribution in [0.2, 0.25) is 0 Å². The Labute approximate surface area is 140 Å². The molecular formula is C20H17NO3. The predicted molar refractivity (Wildman–Crippen MR) is 93.4 cm³/mol. The van der Waals surface area contributed by atoms with Gasteiger partial charge in [0.05, 0.1) is 5.56 Å². The Morgan fingerprint density at radius 1 is 0.958 bits per heavy atom. The second-order valence-electron chi connectivity index (χ2n) is 5.59. The molecule has 4 heteroatoms.